The second kappa shape index (κ2) is 9.31. The molecule has 0 aromatic carbocycles. The van der Waals surface area contributed by atoms with Gasteiger partial charge in [0, 0.05) is 18.7 Å². The number of carbonyl (C=O) groups is 2. The van der Waals surface area contributed by atoms with Gasteiger partial charge in [-0.1, -0.05) is 31.8 Å². The molecule has 0 fully saturated rings. The van der Waals surface area contributed by atoms with E-state index in [4.69, 9.17) is 4.52 Å². The van der Waals surface area contributed by atoms with E-state index in [1.165, 1.54) is 7.11 Å². The summed E-state index contributed by atoms with van der Waals surface area (Å²) in [5.41, 5.74) is 2.43. The third kappa shape index (κ3) is 5.03. The summed E-state index contributed by atoms with van der Waals surface area (Å²) in [5, 5.41) is 7.56. The molecule has 2 aromatic heterocycles. The number of unbranched alkanes of at least 4 members (excludes halogenated alkanes) is 3. The van der Waals surface area contributed by atoms with Crippen molar-refractivity contribution in [3.8, 4) is 0 Å². The van der Waals surface area contributed by atoms with E-state index >= 15 is 0 Å². The van der Waals surface area contributed by atoms with E-state index in [1.807, 2.05) is 19.9 Å². The summed E-state index contributed by atoms with van der Waals surface area (Å²) in [6.45, 7) is 6.43. The Hall–Kier alpha value is -2.44. The van der Waals surface area contributed by atoms with Crippen LogP contribution in [0.3, 0.4) is 0 Å². The van der Waals surface area contributed by atoms with Crippen LogP contribution >= 0.6 is 0 Å². The number of ether oxygens (including phenoxy) is 1. The Morgan fingerprint density at radius 3 is 2.65 bits per heavy atom. The molecule has 0 aliphatic heterocycles. The van der Waals surface area contributed by atoms with Crippen molar-refractivity contribution in [1.82, 2.24) is 15.5 Å². The van der Waals surface area contributed by atoms with E-state index in [0.29, 0.717) is 35.3 Å². The molecule has 0 spiro atoms. The summed E-state index contributed by atoms with van der Waals surface area (Å²) in [7, 11) is 1.40. The molecule has 142 valence electrons. The lowest BCUT2D eigenvalue weighted by Gasteiger charge is -2.09. The molecule has 26 heavy (non-hydrogen) atoms. The highest BCUT2D eigenvalue weighted by molar-refractivity contribution is 6.06. The molecule has 1 amide bonds. The Morgan fingerprint density at radius 1 is 1.23 bits per heavy atom. The SMILES string of the molecule is COC(=O)CCCCCCNC(=O)c1cc(C(C)C)nc2onc(C)c12. The zero-order valence-corrected chi connectivity index (χ0v) is 15.9. The smallest absolute Gasteiger partial charge is 0.305 e. The number of hydrogen-bond acceptors (Lipinski definition) is 6. The Bertz CT molecular complexity index is 767. The molecule has 0 radical (unpaired) electrons. The van der Waals surface area contributed by atoms with Crippen molar-refractivity contribution in [3.63, 3.8) is 0 Å². The van der Waals surface area contributed by atoms with Gasteiger partial charge in [0.25, 0.3) is 11.6 Å². The molecule has 0 unspecified atom stereocenters. The summed E-state index contributed by atoms with van der Waals surface area (Å²) >= 11 is 0. The van der Waals surface area contributed by atoms with E-state index in [0.717, 1.165) is 31.4 Å². The van der Waals surface area contributed by atoms with Crippen LogP contribution in [-0.2, 0) is 9.53 Å². The van der Waals surface area contributed by atoms with Gasteiger partial charge in [0.05, 0.1) is 23.8 Å². The van der Waals surface area contributed by atoms with E-state index < -0.39 is 0 Å². The number of nitrogens with zero attached hydrogens (tertiary/aromatic N) is 2. The van der Waals surface area contributed by atoms with E-state index in [2.05, 4.69) is 20.2 Å². The number of hydrogen-bond donors (Lipinski definition) is 1. The first-order valence-electron chi connectivity index (χ1n) is 9.06. The minimum atomic E-state index is -0.176. The van der Waals surface area contributed by atoms with Gasteiger partial charge in [-0.25, -0.2) is 4.98 Å². The molecule has 2 heterocycles. The maximum Gasteiger partial charge on any atom is 0.305 e. The molecule has 7 nitrogen and oxygen atoms in total. The zero-order valence-electron chi connectivity index (χ0n) is 15.9. The highest BCUT2D eigenvalue weighted by Gasteiger charge is 2.19. The van der Waals surface area contributed by atoms with Crippen LogP contribution in [0.15, 0.2) is 10.6 Å². The molecule has 2 rings (SSSR count). The maximum absolute atomic E-state index is 12.6. The summed E-state index contributed by atoms with van der Waals surface area (Å²) in [6, 6.07) is 1.82. The number of amides is 1. The van der Waals surface area contributed by atoms with E-state index in [-0.39, 0.29) is 17.8 Å². The molecule has 0 aliphatic rings. The molecule has 2 aromatic rings. The van der Waals surface area contributed by atoms with Crippen molar-refractivity contribution in [2.75, 3.05) is 13.7 Å². The van der Waals surface area contributed by atoms with Crippen LogP contribution in [0.4, 0.5) is 0 Å². The van der Waals surface area contributed by atoms with Crippen LogP contribution < -0.4 is 5.32 Å². The van der Waals surface area contributed by atoms with Crippen LogP contribution in [0.25, 0.3) is 11.1 Å². The number of pyridine rings is 1. The lowest BCUT2D eigenvalue weighted by Crippen LogP contribution is -2.25. The first kappa shape index (κ1) is 19.9. The van der Waals surface area contributed by atoms with Crippen LogP contribution in [0.1, 0.15) is 73.6 Å². The van der Waals surface area contributed by atoms with E-state index in [9.17, 15) is 9.59 Å². The molecular weight excluding hydrogens is 334 g/mol. The number of carbonyl (C=O) groups excluding carboxylic acids is 2. The standard InChI is InChI=1S/C19H27N3O4/c1-12(2)15-11-14(17-13(3)22-26-19(17)21-15)18(24)20-10-8-6-5-7-9-16(23)25-4/h11-12H,5-10H2,1-4H3,(H,20,24). The molecule has 0 atom stereocenters. The molecule has 0 aliphatic carbocycles. The highest BCUT2D eigenvalue weighted by atomic mass is 16.5. The van der Waals surface area contributed by atoms with Crippen LogP contribution in [-0.4, -0.2) is 35.7 Å². The second-order valence-electron chi connectivity index (χ2n) is 6.69. The topological polar surface area (TPSA) is 94.3 Å². The minimum Gasteiger partial charge on any atom is -0.469 e. The van der Waals surface area contributed by atoms with Gasteiger partial charge >= 0.3 is 5.97 Å². The molecule has 1 N–H and O–H groups in total. The fourth-order valence-electron chi connectivity index (χ4n) is 2.74. The monoisotopic (exact) mass is 361 g/mol. The number of methoxy groups -OCH3 is 1. The number of aromatic nitrogens is 2. The molecule has 7 heteroatoms. The molecule has 0 bridgehead atoms. The van der Waals surface area contributed by atoms with Crippen LogP contribution in [0, 0.1) is 6.92 Å². The lowest BCUT2D eigenvalue weighted by molar-refractivity contribution is -0.140. The van der Waals surface area contributed by atoms with Gasteiger partial charge in [0.1, 0.15) is 0 Å². The van der Waals surface area contributed by atoms with E-state index in [1.54, 1.807) is 6.92 Å². The van der Waals surface area contributed by atoms with Crippen molar-refractivity contribution < 1.29 is 18.8 Å². The van der Waals surface area contributed by atoms with Crippen molar-refractivity contribution in [2.45, 2.75) is 58.8 Å². The number of nitrogens with one attached hydrogen (secondary N) is 1. The first-order valence-corrected chi connectivity index (χ1v) is 9.06. The van der Waals surface area contributed by atoms with Gasteiger partial charge in [0.2, 0.25) is 0 Å². The van der Waals surface area contributed by atoms with Crippen molar-refractivity contribution in [2.24, 2.45) is 0 Å². The van der Waals surface area contributed by atoms with Crippen molar-refractivity contribution in [1.29, 1.82) is 0 Å². The zero-order chi connectivity index (χ0) is 19.1. The van der Waals surface area contributed by atoms with Crippen LogP contribution in [0.2, 0.25) is 0 Å². The first-order chi connectivity index (χ1) is 12.4. The number of esters is 1. The van der Waals surface area contributed by atoms with Crippen LogP contribution in [0.5, 0.6) is 0 Å². The summed E-state index contributed by atoms with van der Waals surface area (Å²) < 4.78 is 9.86. The third-order valence-electron chi connectivity index (χ3n) is 4.29. The normalized spacial score (nSPS) is 11.1. The van der Waals surface area contributed by atoms with Crippen molar-refractivity contribution in [3.05, 3.63) is 23.0 Å². The second-order valence-corrected chi connectivity index (χ2v) is 6.69. The van der Waals surface area contributed by atoms with Gasteiger partial charge in [-0.15, -0.1) is 0 Å². The predicted octanol–water partition coefficient (Wildman–Crippen LogP) is 3.51. The maximum atomic E-state index is 12.6. The number of rotatable bonds is 9. The number of fused-ring (bicyclic) bond motifs is 1. The predicted molar refractivity (Wildman–Crippen MR) is 98.1 cm³/mol. The molecular formula is C19H27N3O4. The Kier molecular flexibility index (Phi) is 7.12. The Labute approximate surface area is 153 Å². The minimum absolute atomic E-state index is 0.139. The van der Waals surface area contributed by atoms with Gasteiger partial charge in [-0.05, 0) is 31.7 Å². The lowest BCUT2D eigenvalue weighted by atomic mass is 10.0. The highest BCUT2D eigenvalue weighted by Crippen LogP contribution is 2.25. The Morgan fingerprint density at radius 2 is 1.96 bits per heavy atom. The van der Waals surface area contributed by atoms with Crippen molar-refractivity contribution >= 4 is 23.0 Å². The largest absolute Gasteiger partial charge is 0.469 e. The summed E-state index contributed by atoms with van der Waals surface area (Å²) in [5.74, 6) is -0.128. The average molecular weight is 361 g/mol. The average Bonchev–Trinajstić information content (AvgIpc) is 3.00. The quantitative estimate of drug-likeness (QED) is 0.542. The van der Waals surface area contributed by atoms with Gasteiger partial charge in [0.15, 0.2) is 0 Å². The number of aryl methyl sites for hydroxylation is 1. The van der Waals surface area contributed by atoms with Gasteiger partial charge < -0.3 is 14.6 Å². The van der Waals surface area contributed by atoms with Gasteiger partial charge in [-0.2, -0.15) is 0 Å². The van der Waals surface area contributed by atoms with Gasteiger partial charge in [-0.3, -0.25) is 9.59 Å². The molecule has 0 saturated heterocycles. The summed E-state index contributed by atoms with van der Waals surface area (Å²) in [6.07, 6.45) is 4.01. The fourth-order valence-corrected chi connectivity index (χ4v) is 2.74. The third-order valence-corrected chi connectivity index (χ3v) is 4.29. The molecule has 0 saturated carbocycles. The Balaban J connectivity index is 1.91. The fraction of sp³-hybridized carbons (Fsp3) is 0.579. The summed E-state index contributed by atoms with van der Waals surface area (Å²) in [4.78, 5) is 28.1.